The van der Waals surface area contributed by atoms with Crippen LogP contribution in [0.15, 0.2) is 57.4 Å². The number of Topliss-reactive ketones (excluding diaryl/α,β-unsaturated/α-hetero) is 1. The number of allylic oxidation sites excluding steroid dienone is 2. The average Bonchev–Trinajstić information content (AvgIpc) is 2.78. The number of aromatic hydroxyl groups is 1. The van der Waals surface area contributed by atoms with Gasteiger partial charge in [-0.3, -0.25) is 10.1 Å². The zero-order valence-electron chi connectivity index (χ0n) is 18.8. The van der Waals surface area contributed by atoms with Gasteiger partial charge < -0.3 is 14.3 Å². The molecule has 2 aromatic rings. The highest BCUT2D eigenvalue weighted by molar-refractivity contribution is 6.12. The molecule has 0 aliphatic carbocycles. The summed E-state index contributed by atoms with van der Waals surface area (Å²) in [6, 6.07) is 9.08. The summed E-state index contributed by atoms with van der Waals surface area (Å²) in [6.07, 6.45) is 6.43. The van der Waals surface area contributed by atoms with Gasteiger partial charge in [-0.25, -0.2) is 9.59 Å². The summed E-state index contributed by atoms with van der Waals surface area (Å²) in [4.78, 5) is 36.2. The first-order chi connectivity index (χ1) is 15.3. The van der Waals surface area contributed by atoms with Crippen LogP contribution in [-0.4, -0.2) is 24.1 Å². The Balaban J connectivity index is 2.12. The molecule has 1 atom stereocenters. The van der Waals surface area contributed by atoms with Crippen molar-refractivity contribution < 1.29 is 23.8 Å². The number of hydrogen-bond acceptors (Lipinski definition) is 6. The van der Waals surface area contributed by atoms with E-state index in [1.54, 1.807) is 19.1 Å². The summed E-state index contributed by atoms with van der Waals surface area (Å²) >= 11 is 0. The Hall–Kier alpha value is -3.61. The van der Waals surface area contributed by atoms with Gasteiger partial charge in [0.1, 0.15) is 17.1 Å². The third-order valence-electron chi connectivity index (χ3n) is 5.06. The molecule has 2 N–H and O–H groups in total. The summed E-state index contributed by atoms with van der Waals surface area (Å²) < 4.78 is 9.79. The molecule has 0 saturated carbocycles. The number of benzene rings is 1. The third kappa shape index (κ3) is 6.70. The summed E-state index contributed by atoms with van der Waals surface area (Å²) in [5, 5.41) is 12.8. The Morgan fingerprint density at radius 3 is 2.53 bits per heavy atom. The van der Waals surface area contributed by atoms with Gasteiger partial charge in [0.05, 0.1) is 7.11 Å². The van der Waals surface area contributed by atoms with E-state index in [1.807, 2.05) is 31.2 Å². The maximum Gasteiger partial charge on any atom is 0.410 e. The van der Waals surface area contributed by atoms with Crippen LogP contribution in [0.3, 0.4) is 0 Å². The van der Waals surface area contributed by atoms with Gasteiger partial charge in [0, 0.05) is 18.2 Å². The van der Waals surface area contributed by atoms with Crippen molar-refractivity contribution in [2.24, 2.45) is 0 Å². The fourth-order valence-corrected chi connectivity index (χ4v) is 3.07. The number of nitrogens with one attached hydrogen (secondary N) is 1. The van der Waals surface area contributed by atoms with Crippen molar-refractivity contribution in [3.05, 3.63) is 81.1 Å². The van der Waals surface area contributed by atoms with E-state index >= 15 is 0 Å². The molecule has 170 valence electrons. The van der Waals surface area contributed by atoms with Gasteiger partial charge in [0.25, 0.3) is 0 Å². The zero-order chi connectivity index (χ0) is 23.7. The van der Waals surface area contributed by atoms with Crippen LogP contribution < -0.4 is 10.9 Å². The van der Waals surface area contributed by atoms with Gasteiger partial charge in [-0.05, 0) is 49.0 Å². The van der Waals surface area contributed by atoms with Gasteiger partial charge in [-0.2, -0.15) is 0 Å². The lowest BCUT2D eigenvalue weighted by molar-refractivity contribution is 0.102. The number of alkyl carbamates (subject to hydrolysis) is 1. The number of carbonyl (C=O) groups excluding carboxylic acids is 2. The van der Waals surface area contributed by atoms with E-state index in [4.69, 9.17) is 4.42 Å². The molecule has 1 aromatic heterocycles. The predicted molar refractivity (Wildman–Crippen MR) is 123 cm³/mol. The van der Waals surface area contributed by atoms with E-state index in [1.165, 1.54) is 24.9 Å². The van der Waals surface area contributed by atoms with Gasteiger partial charge >= 0.3 is 11.7 Å². The van der Waals surface area contributed by atoms with Crippen LogP contribution in [0, 0.1) is 0 Å². The lowest BCUT2D eigenvalue weighted by Crippen LogP contribution is -2.16. The number of rotatable bonds is 9. The van der Waals surface area contributed by atoms with Crippen molar-refractivity contribution in [1.82, 2.24) is 5.32 Å². The number of amides is 1. The van der Waals surface area contributed by atoms with Crippen LogP contribution in [0.4, 0.5) is 4.79 Å². The van der Waals surface area contributed by atoms with Crippen LogP contribution >= 0.6 is 0 Å². The minimum absolute atomic E-state index is 0.186. The maximum atomic E-state index is 12.8. The van der Waals surface area contributed by atoms with Gasteiger partial charge in [0.2, 0.25) is 0 Å². The van der Waals surface area contributed by atoms with Crippen LogP contribution in [0.5, 0.6) is 5.75 Å². The summed E-state index contributed by atoms with van der Waals surface area (Å²) in [7, 11) is 1.27. The van der Waals surface area contributed by atoms with E-state index in [-0.39, 0.29) is 17.2 Å². The first-order valence-corrected chi connectivity index (χ1v) is 10.4. The predicted octanol–water partition coefficient (Wildman–Crippen LogP) is 4.95. The average molecular weight is 440 g/mol. The highest BCUT2D eigenvalue weighted by atomic mass is 16.5. The third-order valence-corrected chi connectivity index (χ3v) is 5.06. The van der Waals surface area contributed by atoms with Crippen LogP contribution in [-0.2, 0) is 11.2 Å². The number of aryl methyl sites for hydroxylation is 1. The maximum absolute atomic E-state index is 12.8. The second kappa shape index (κ2) is 11.7. The summed E-state index contributed by atoms with van der Waals surface area (Å²) in [5.74, 6) is -0.874. The van der Waals surface area contributed by atoms with Crippen LogP contribution in [0.2, 0.25) is 0 Å². The lowest BCUT2D eigenvalue weighted by Gasteiger charge is -2.11. The largest absolute Gasteiger partial charge is 0.507 e. The molecule has 0 fully saturated rings. The molecular weight excluding hydrogens is 410 g/mol. The molecule has 7 heteroatoms. The molecule has 1 aromatic carbocycles. The summed E-state index contributed by atoms with van der Waals surface area (Å²) in [5.41, 5.74) is 1.10. The van der Waals surface area contributed by atoms with Crippen molar-refractivity contribution >= 4 is 18.0 Å². The molecule has 0 spiro atoms. The second-order valence-corrected chi connectivity index (χ2v) is 7.46. The number of methoxy groups -OCH3 is 1. The molecule has 0 saturated heterocycles. The van der Waals surface area contributed by atoms with E-state index in [0.717, 1.165) is 12.0 Å². The van der Waals surface area contributed by atoms with Crippen LogP contribution in [0.1, 0.15) is 66.8 Å². The van der Waals surface area contributed by atoms with Crippen molar-refractivity contribution in [3.63, 3.8) is 0 Å². The monoisotopic (exact) mass is 439 g/mol. The molecule has 1 unspecified atom stereocenters. The first-order valence-electron chi connectivity index (χ1n) is 10.4. The van der Waals surface area contributed by atoms with E-state index in [0.29, 0.717) is 18.4 Å². The number of ether oxygens (including phenoxy) is 1. The Labute approximate surface area is 187 Å². The smallest absolute Gasteiger partial charge is 0.410 e. The minimum atomic E-state index is -0.867. The van der Waals surface area contributed by atoms with E-state index in [2.05, 4.69) is 17.0 Å². The fraction of sp³-hybridized carbons (Fsp3) is 0.320. The molecule has 2 rings (SSSR count). The first kappa shape index (κ1) is 24.7. The Kier molecular flexibility index (Phi) is 9.01. The number of hydrogen-bond donors (Lipinski definition) is 2. The number of ketones is 1. The topological polar surface area (TPSA) is 106 Å². The van der Waals surface area contributed by atoms with Crippen LogP contribution in [0.25, 0.3) is 6.08 Å². The van der Waals surface area contributed by atoms with Crippen molar-refractivity contribution in [2.75, 3.05) is 7.11 Å². The molecule has 32 heavy (non-hydrogen) atoms. The summed E-state index contributed by atoms with van der Waals surface area (Å²) in [6.45, 7) is 5.50. The standard InChI is InChI=1S/C25H29NO6/c1-5-18-9-11-19(12-10-18)14-17(3)23(28)22-20(27)15-21(32-24(22)29)16(2)8-6-7-13-26-25(30)31-4/h7,9-16,27H,5-6,8H2,1-4H3,(H,26,30)/b13-7+,17-14+. The highest BCUT2D eigenvalue weighted by Crippen LogP contribution is 2.26. The van der Waals surface area contributed by atoms with Crippen molar-refractivity contribution in [1.29, 1.82) is 0 Å². The Morgan fingerprint density at radius 1 is 1.25 bits per heavy atom. The fourth-order valence-electron chi connectivity index (χ4n) is 3.07. The SMILES string of the molecule is CCc1ccc(/C=C(\C)C(=O)c2c(O)cc(C(C)CC/C=C/NC(=O)OC)oc2=O)cc1. The molecule has 0 aliphatic rings. The number of carbonyl (C=O) groups is 2. The molecular formula is C25H29NO6. The second-order valence-electron chi connectivity index (χ2n) is 7.46. The van der Waals surface area contributed by atoms with Crippen molar-refractivity contribution in [2.45, 2.75) is 46.0 Å². The highest BCUT2D eigenvalue weighted by Gasteiger charge is 2.22. The van der Waals surface area contributed by atoms with Crippen molar-refractivity contribution in [3.8, 4) is 5.75 Å². The van der Waals surface area contributed by atoms with E-state index < -0.39 is 23.3 Å². The lowest BCUT2D eigenvalue weighted by atomic mass is 9.99. The molecule has 1 amide bonds. The quantitative estimate of drug-likeness (QED) is 0.423. The van der Waals surface area contributed by atoms with E-state index in [9.17, 15) is 19.5 Å². The zero-order valence-corrected chi connectivity index (χ0v) is 18.8. The van der Waals surface area contributed by atoms with Gasteiger partial charge in [-0.1, -0.05) is 44.2 Å². The molecule has 0 bridgehead atoms. The van der Waals surface area contributed by atoms with Gasteiger partial charge in [-0.15, -0.1) is 0 Å². The Morgan fingerprint density at radius 2 is 1.94 bits per heavy atom. The molecule has 0 radical (unpaired) electrons. The molecule has 7 nitrogen and oxygen atoms in total. The molecule has 1 heterocycles. The Bertz CT molecular complexity index is 1060. The van der Waals surface area contributed by atoms with Gasteiger partial charge in [0.15, 0.2) is 5.78 Å². The minimum Gasteiger partial charge on any atom is -0.507 e. The molecule has 0 aliphatic heterocycles. The normalized spacial score (nSPS) is 12.6.